The number of phenolic OH excluding ortho intramolecular Hbond substituents is 2. The maximum absolute atomic E-state index is 11.0. The van der Waals surface area contributed by atoms with Crippen molar-refractivity contribution in [1.29, 1.82) is 0 Å². The van der Waals surface area contributed by atoms with Gasteiger partial charge in [-0.2, -0.15) is 25.3 Å². The lowest BCUT2D eigenvalue weighted by Crippen LogP contribution is -2.14. The molecule has 0 atom stereocenters. The van der Waals surface area contributed by atoms with E-state index in [0.717, 1.165) is 0 Å². The van der Waals surface area contributed by atoms with Gasteiger partial charge in [-0.25, -0.2) is 0 Å². The van der Waals surface area contributed by atoms with Crippen LogP contribution < -0.4 is 0 Å². The number of hydrogen-bond donors (Lipinski definition) is 5. The summed E-state index contributed by atoms with van der Waals surface area (Å²) in [7, 11) is -16.6. The fourth-order valence-electron chi connectivity index (χ4n) is 1.27. The molecule has 1 aromatic rings. The SMILES string of the molecule is O=S(=O)(O)c1cc(O)c(O)c(S(=O)(=O)O)c1S(=O)(=O)O. The third-order valence-electron chi connectivity index (χ3n) is 1.95. The van der Waals surface area contributed by atoms with Crippen molar-refractivity contribution in [3.05, 3.63) is 6.07 Å². The Morgan fingerprint density at radius 1 is 0.700 bits per heavy atom. The first-order chi connectivity index (χ1) is 8.67. The molecule has 0 aliphatic heterocycles. The summed E-state index contributed by atoms with van der Waals surface area (Å²) < 4.78 is 92.3. The molecule has 1 rings (SSSR count). The van der Waals surface area contributed by atoms with E-state index in [1.165, 1.54) is 0 Å². The smallest absolute Gasteiger partial charge is 0.299 e. The van der Waals surface area contributed by atoms with Gasteiger partial charge < -0.3 is 10.2 Å². The van der Waals surface area contributed by atoms with Crippen LogP contribution in [0.4, 0.5) is 0 Å². The minimum atomic E-state index is -5.62. The highest BCUT2D eigenvalue weighted by molar-refractivity contribution is 7.90. The molecule has 0 unspecified atom stereocenters. The second kappa shape index (κ2) is 4.54. The monoisotopic (exact) mass is 350 g/mol. The lowest BCUT2D eigenvalue weighted by atomic mass is 10.3. The van der Waals surface area contributed by atoms with Gasteiger partial charge in [0, 0.05) is 6.07 Å². The summed E-state index contributed by atoms with van der Waals surface area (Å²) in [5.41, 5.74) is 0. The molecule has 0 aromatic heterocycles. The summed E-state index contributed by atoms with van der Waals surface area (Å²) in [6.07, 6.45) is 0. The van der Waals surface area contributed by atoms with Crippen LogP contribution in [-0.4, -0.2) is 49.1 Å². The van der Waals surface area contributed by atoms with E-state index >= 15 is 0 Å². The van der Waals surface area contributed by atoms with E-state index in [1.54, 1.807) is 0 Å². The summed E-state index contributed by atoms with van der Waals surface area (Å²) in [5, 5.41) is 18.3. The highest BCUT2D eigenvalue weighted by Crippen LogP contribution is 2.41. The summed E-state index contributed by atoms with van der Waals surface area (Å²) in [4.78, 5) is -5.74. The van der Waals surface area contributed by atoms with E-state index in [2.05, 4.69) is 0 Å². The van der Waals surface area contributed by atoms with Crippen LogP contribution >= 0.6 is 0 Å². The Bertz CT molecular complexity index is 875. The van der Waals surface area contributed by atoms with E-state index in [9.17, 15) is 30.4 Å². The molecule has 0 fully saturated rings. The molecule has 0 radical (unpaired) electrons. The maximum Gasteiger partial charge on any atom is 0.299 e. The molecule has 0 amide bonds. The van der Waals surface area contributed by atoms with Gasteiger partial charge in [-0.15, -0.1) is 0 Å². The second-order valence-electron chi connectivity index (χ2n) is 3.33. The predicted molar refractivity (Wildman–Crippen MR) is 59.2 cm³/mol. The van der Waals surface area contributed by atoms with Crippen LogP contribution in [0.15, 0.2) is 20.8 Å². The fourth-order valence-corrected chi connectivity index (χ4v) is 4.53. The van der Waals surface area contributed by atoms with E-state index < -0.39 is 56.5 Å². The molecule has 0 saturated carbocycles. The largest absolute Gasteiger partial charge is 0.504 e. The van der Waals surface area contributed by atoms with Crippen LogP contribution in [-0.2, 0) is 30.4 Å². The summed E-state index contributed by atoms with van der Waals surface area (Å²) in [5.74, 6) is -3.20. The van der Waals surface area contributed by atoms with Crippen molar-refractivity contribution < 1.29 is 49.1 Å². The third kappa shape index (κ3) is 3.00. The highest BCUT2D eigenvalue weighted by Gasteiger charge is 2.37. The number of rotatable bonds is 3. The van der Waals surface area contributed by atoms with Crippen molar-refractivity contribution in [2.24, 2.45) is 0 Å². The van der Waals surface area contributed by atoms with Crippen molar-refractivity contribution in [3.63, 3.8) is 0 Å². The molecule has 11 nitrogen and oxygen atoms in total. The van der Waals surface area contributed by atoms with Crippen molar-refractivity contribution in [2.75, 3.05) is 0 Å². The van der Waals surface area contributed by atoms with Gasteiger partial charge in [0.1, 0.15) is 9.79 Å². The lowest BCUT2D eigenvalue weighted by molar-refractivity contribution is 0.378. The van der Waals surface area contributed by atoms with E-state index in [-0.39, 0.29) is 6.07 Å². The van der Waals surface area contributed by atoms with Gasteiger partial charge in [-0.1, -0.05) is 0 Å². The van der Waals surface area contributed by atoms with Gasteiger partial charge in [0.2, 0.25) is 0 Å². The number of hydrogen-bond acceptors (Lipinski definition) is 8. The Morgan fingerprint density at radius 2 is 1.10 bits per heavy atom. The number of aromatic hydroxyl groups is 2. The van der Waals surface area contributed by atoms with Gasteiger partial charge in [-0.05, 0) is 0 Å². The van der Waals surface area contributed by atoms with E-state index in [1.807, 2.05) is 0 Å². The Hall–Kier alpha value is -1.45. The van der Waals surface area contributed by atoms with Crippen LogP contribution in [0, 0.1) is 0 Å². The minimum Gasteiger partial charge on any atom is -0.504 e. The zero-order valence-corrected chi connectivity index (χ0v) is 11.4. The Labute approximate surface area is 112 Å². The minimum absolute atomic E-state index is 0.0253. The molecular formula is C6H6O11S3. The standard InChI is InChI=1S/C6H6O11S3/c7-2-1-3(18(9,10)11)5(19(12,13)14)6(4(2)8)20(15,16)17/h1,7-8H,(H,9,10,11)(H,12,13,14)(H,15,16,17). The second-order valence-corrected chi connectivity index (χ2v) is 7.43. The van der Waals surface area contributed by atoms with Crippen LogP contribution in [0.3, 0.4) is 0 Å². The van der Waals surface area contributed by atoms with Gasteiger partial charge in [0.05, 0.1) is 0 Å². The first-order valence-corrected chi connectivity index (χ1v) is 8.50. The van der Waals surface area contributed by atoms with E-state index in [0.29, 0.717) is 0 Å². The normalized spacial score (nSPS) is 13.3. The Balaban J connectivity index is 4.30. The zero-order valence-electron chi connectivity index (χ0n) is 8.99. The molecule has 1 aromatic carbocycles. The van der Waals surface area contributed by atoms with Gasteiger partial charge in [0.25, 0.3) is 30.4 Å². The molecule has 14 heteroatoms. The third-order valence-corrected chi connectivity index (χ3v) is 4.94. The summed E-state index contributed by atoms with van der Waals surface area (Å²) in [6, 6.07) is -0.0253. The van der Waals surface area contributed by atoms with Crippen LogP contribution in [0.5, 0.6) is 11.5 Å². The Morgan fingerprint density at radius 3 is 1.40 bits per heavy atom. The fraction of sp³-hybridized carbons (Fsp3) is 0. The zero-order chi connectivity index (χ0) is 16.1. The van der Waals surface area contributed by atoms with Crippen LogP contribution in [0.2, 0.25) is 0 Å². The molecular weight excluding hydrogens is 344 g/mol. The molecule has 0 aliphatic carbocycles. The van der Waals surface area contributed by atoms with Crippen molar-refractivity contribution in [1.82, 2.24) is 0 Å². The molecule has 0 aliphatic rings. The average Bonchev–Trinajstić information content (AvgIpc) is 2.15. The molecule has 5 N–H and O–H groups in total. The molecule has 0 saturated heterocycles. The number of phenols is 2. The first kappa shape index (κ1) is 16.6. The topological polar surface area (TPSA) is 204 Å². The van der Waals surface area contributed by atoms with Crippen LogP contribution in [0.1, 0.15) is 0 Å². The maximum atomic E-state index is 11.0. The molecule has 0 heterocycles. The molecule has 0 bridgehead atoms. The average molecular weight is 350 g/mol. The predicted octanol–water partition coefficient (Wildman–Crippen LogP) is -1.16. The summed E-state index contributed by atoms with van der Waals surface area (Å²) >= 11 is 0. The molecule has 0 spiro atoms. The lowest BCUT2D eigenvalue weighted by Gasteiger charge is -2.11. The van der Waals surface area contributed by atoms with Gasteiger partial charge >= 0.3 is 0 Å². The molecule has 114 valence electrons. The quantitative estimate of drug-likeness (QED) is 0.324. The van der Waals surface area contributed by atoms with Gasteiger partial charge in [-0.3, -0.25) is 13.7 Å². The Kier molecular flexibility index (Phi) is 3.77. The van der Waals surface area contributed by atoms with E-state index in [4.69, 9.17) is 18.8 Å². The van der Waals surface area contributed by atoms with Crippen molar-refractivity contribution in [3.8, 4) is 11.5 Å². The van der Waals surface area contributed by atoms with Crippen LogP contribution in [0.25, 0.3) is 0 Å². The molecule has 20 heavy (non-hydrogen) atoms. The van der Waals surface area contributed by atoms with Gasteiger partial charge in [0.15, 0.2) is 16.4 Å². The number of benzene rings is 1. The first-order valence-electron chi connectivity index (χ1n) is 4.18. The van der Waals surface area contributed by atoms with Crippen molar-refractivity contribution >= 4 is 30.4 Å². The highest BCUT2D eigenvalue weighted by atomic mass is 32.2. The van der Waals surface area contributed by atoms with Crippen molar-refractivity contribution in [2.45, 2.75) is 14.7 Å². The summed E-state index contributed by atoms with van der Waals surface area (Å²) in [6.45, 7) is 0.